The number of ether oxygens (including phenoxy) is 1. The molecule has 0 aliphatic carbocycles. The standard InChI is InChI=1S/C14H19NO3/c1-3-15-12-8-6-5-7-10(12)11(9-13(15)16)14(17)18-4-2/h5-8,11,14,17H,3-4,9H2,1-2H3. The highest BCUT2D eigenvalue weighted by Crippen LogP contribution is 2.37. The van der Waals surface area contributed by atoms with E-state index in [0.717, 1.165) is 11.3 Å². The molecular weight excluding hydrogens is 230 g/mol. The van der Waals surface area contributed by atoms with Crippen molar-refractivity contribution in [3.63, 3.8) is 0 Å². The van der Waals surface area contributed by atoms with E-state index in [-0.39, 0.29) is 11.8 Å². The Morgan fingerprint density at radius 1 is 1.44 bits per heavy atom. The zero-order valence-corrected chi connectivity index (χ0v) is 10.8. The van der Waals surface area contributed by atoms with Crippen LogP contribution >= 0.6 is 0 Å². The average molecular weight is 249 g/mol. The van der Waals surface area contributed by atoms with E-state index in [0.29, 0.717) is 19.6 Å². The van der Waals surface area contributed by atoms with E-state index in [2.05, 4.69) is 0 Å². The molecule has 0 saturated heterocycles. The number of anilines is 1. The second-order valence-electron chi connectivity index (χ2n) is 4.35. The van der Waals surface area contributed by atoms with Crippen LogP contribution < -0.4 is 4.90 Å². The van der Waals surface area contributed by atoms with E-state index in [4.69, 9.17) is 4.74 Å². The molecule has 0 saturated carbocycles. The monoisotopic (exact) mass is 249 g/mol. The van der Waals surface area contributed by atoms with E-state index in [1.807, 2.05) is 38.1 Å². The first kappa shape index (κ1) is 13.1. The zero-order chi connectivity index (χ0) is 13.1. The van der Waals surface area contributed by atoms with E-state index in [1.54, 1.807) is 4.90 Å². The predicted molar refractivity (Wildman–Crippen MR) is 69.5 cm³/mol. The van der Waals surface area contributed by atoms with Crippen LogP contribution in [0, 0.1) is 0 Å². The van der Waals surface area contributed by atoms with E-state index in [1.165, 1.54) is 0 Å². The van der Waals surface area contributed by atoms with Gasteiger partial charge in [-0.3, -0.25) is 4.79 Å². The number of fused-ring (bicyclic) bond motifs is 1. The predicted octanol–water partition coefficient (Wildman–Crippen LogP) is 1.88. The van der Waals surface area contributed by atoms with Crippen molar-refractivity contribution in [2.75, 3.05) is 18.1 Å². The van der Waals surface area contributed by atoms with E-state index in [9.17, 15) is 9.90 Å². The van der Waals surface area contributed by atoms with Gasteiger partial charge >= 0.3 is 0 Å². The van der Waals surface area contributed by atoms with Crippen molar-refractivity contribution in [3.05, 3.63) is 29.8 Å². The van der Waals surface area contributed by atoms with Crippen LogP contribution in [0.3, 0.4) is 0 Å². The van der Waals surface area contributed by atoms with Crippen LogP contribution in [0.25, 0.3) is 0 Å². The molecule has 4 heteroatoms. The fourth-order valence-electron chi connectivity index (χ4n) is 2.48. The molecule has 0 fully saturated rings. The SMILES string of the molecule is CCOC(O)C1CC(=O)N(CC)c2ccccc21. The number of para-hydroxylation sites is 1. The van der Waals surface area contributed by atoms with Crippen molar-refractivity contribution in [2.24, 2.45) is 0 Å². The fourth-order valence-corrected chi connectivity index (χ4v) is 2.48. The second-order valence-corrected chi connectivity index (χ2v) is 4.35. The first-order valence-corrected chi connectivity index (χ1v) is 6.38. The summed E-state index contributed by atoms with van der Waals surface area (Å²) in [7, 11) is 0. The molecule has 0 radical (unpaired) electrons. The van der Waals surface area contributed by atoms with Crippen LogP contribution in [-0.4, -0.2) is 30.5 Å². The van der Waals surface area contributed by atoms with Crippen LogP contribution in [0.1, 0.15) is 31.7 Å². The third-order valence-electron chi connectivity index (χ3n) is 3.32. The quantitative estimate of drug-likeness (QED) is 0.829. The third kappa shape index (κ3) is 2.26. The summed E-state index contributed by atoms with van der Waals surface area (Å²) in [6, 6.07) is 7.71. The van der Waals surface area contributed by atoms with Crippen LogP contribution in [-0.2, 0) is 9.53 Å². The molecule has 1 aliphatic heterocycles. The van der Waals surface area contributed by atoms with Gasteiger partial charge in [0.2, 0.25) is 5.91 Å². The number of carbonyl (C=O) groups is 1. The maximum absolute atomic E-state index is 12.1. The van der Waals surface area contributed by atoms with Gasteiger partial charge in [0.15, 0.2) is 6.29 Å². The molecule has 98 valence electrons. The van der Waals surface area contributed by atoms with Gasteiger partial charge in [0.25, 0.3) is 0 Å². The summed E-state index contributed by atoms with van der Waals surface area (Å²) in [5.74, 6) is -0.226. The van der Waals surface area contributed by atoms with Gasteiger partial charge in [0, 0.05) is 31.2 Å². The molecule has 0 spiro atoms. The highest BCUT2D eigenvalue weighted by atomic mass is 16.6. The molecule has 1 amide bonds. The van der Waals surface area contributed by atoms with Gasteiger partial charge in [-0.05, 0) is 25.5 Å². The molecule has 1 heterocycles. The molecule has 1 aromatic rings. The highest BCUT2D eigenvalue weighted by molar-refractivity contribution is 5.97. The van der Waals surface area contributed by atoms with Gasteiger partial charge in [-0.2, -0.15) is 0 Å². The fraction of sp³-hybridized carbons (Fsp3) is 0.500. The molecule has 0 aromatic heterocycles. The van der Waals surface area contributed by atoms with Gasteiger partial charge in [-0.15, -0.1) is 0 Å². The summed E-state index contributed by atoms with van der Waals surface area (Å²) < 4.78 is 5.24. The van der Waals surface area contributed by atoms with E-state index < -0.39 is 6.29 Å². The first-order valence-electron chi connectivity index (χ1n) is 6.38. The molecule has 18 heavy (non-hydrogen) atoms. The van der Waals surface area contributed by atoms with Crippen LogP contribution in [0.15, 0.2) is 24.3 Å². The molecule has 1 N–H and O–H groups in total. The van der Waals surface area contributed by atoms with Gasteiger partial charge in [0.1, 0.15) is 0 Å². The van der Waals surface area contributed by atoms with Crippen molar-refractivity contribution in [3.8, 4) is 0 Å². The number of nitrogens with zero attached hydrogens (tertiary/aromatic N) is 1. The minimum absolute atomic E-state index is 0.0416. The smallest absolute Gasteiger partial charge is 0.227 e. The van der Waals surface area contributed by atoms with Gasteiger partial charge in [-0.1, -0.05) is 18.2 Å². The molecule has 4 nitrogen and oxygen atoms in total. The Morgan fingerprint density at radius 2 is 2.17 bits per heavy atom. The lowest BCUT2D eigenvalue weighted by Crippen LogP contribution is -2.39. The average Bonchev–Trinajstić information content (AvgIpc) is 2.38. The normalized spacial score (nSPS) is 20.7. The van der Waals surface area contributed by atoms with Crippen molar-refractivity contribution in [1.82, 2.24) is 0 Å². The summed E-state index contributed by atoms with van der Waals surface area (Å²) in [6.07, 6.45) is -0.620. The van der Waals surface area contributed by atoms with Gasteiger partial charge in [-0.25, -0.2) is 0 Å². The minimum Gasteiger partial charge on any atom is -0.367 e. The van der Waals surface area contributed by atoms with Crippen LogP contribution in [0.5, 0.6) is 0 Å². The zero-order valence-electron chi connectivity index (χ0n) is 10.8. The van der Waals surface area contributed by atoms with Crippen LogP contribution in [0.2, 0.25) is 0 Å². The first-order chi connectivity index (χ1) is 8.69. The number of hydrogen-bond donors (Lipinski definition) is 1. The Balaban J connectivity index is 2.38. The maximum Gasteiger partial charge on any atom is 0.227 e. The largest absolute Gasteiger partial charge is 0.367 e. The van der Waals surface area contributed by atoms with Crippen molar-refractivity contribution in [1.29, 1.82) is 0 Å². The molecule has 1 aromatic carbocycles. The third-order valence-corrected chi connectivity index (χ3v) is 3.32. The number of aliphatic hydroxyl groups excluding tert-OH is 1. The number of benzene rings is 1. The topological polar surface area (TPSA) is 49.8 Å². The van der Waals surface area contributed by atoms with Crippen LogP contribution in [0.4, 0.5) is 5.69 Å². The number of rotatable bonds is 4. The highest BCUT2D eigenvalue weighted by Gasteiger charge is 2.34. The Bertz CT molecular complexity index is 433. The number of aliphatic hydroxyl groups is 1. The second kappa shape index (κ2) is 5.50. The summed E-state index contributed by atoms with van der Waals surface area (Å²) in [5, 5.41) is 10.0. The molecule has 2 atom stereocenters. The molecule has 2 unspecified atom stereocenters. The maximum atomic E-state index is 12.1. The Labute approximate surface area is 107 Å². The van der Waals surface area contributed by atoms with Gasteiger partial charge < -0.3 is 14.7 Å². The lowest BCUT2D eigenvalue weighted by Gasteiger charge is -2.35. The number of amides is 1. The number of carbonyl (C=O) groups excluding carboxylic acids is 1. The van der Waals surface area contributed by atoms with E-state index >= 15 is 0 Å². The molecule has 2 rings (SSSR count). The lowest BCUT2D eigenvalue weighted by atomic mass is 9.89. The summed E-state index contributed by atoms with van der Waals surface area (Å²) >= 11 is 0. The summed E-state index contributed by atoms with van der Waals surface area (Å²) in [5.41, 5.74) is 1.87. The lowest BCUT2D eigenvalue weighted by molar-refractivity contribution is -0.131. The minimum atomic E-state index is -0.917. The molecule has 1 aliphatic rings. The van der Waals surface area contributed by atoms with Gasteiger partial charge in [0.05, 0.1) is 0 Å². The molecular formula is C14H19NO3. The molecule has 0 bridgehead atoms. The van der Waals surface area contributed by atoms with Crippen molar-refractivity contribution >= 4 is 11.6 Å². The van der Waals surface area contributed by atoms with Crippen molar-refractivity contribution < 1.29 is 14.6 Å². The number of hydrogen-bond acceptors (Lipinski definition) is 3. The summed E-state index contributed by atoms with van der Waals surface area (Å²) in [6.45, 7) is 4.87. The Kier molecular flexibility index (Phi) is 3.99. The summed E-state index contributed by atoms with van der Waals surface area (Å²) in [4.78, 5) is 13.8. The van der Waals surface area contributed by atoms with Crippen molar-refractivity contribution in [2.45, 2.75) is 32.5 Å². The Morgan fingerprint density at radius 3 is 2.83 bits per heavy atom. The Hall–Kier alpha value is -1.39.